The zero-order valence-electron chi connectivity index (χ0n) is 14.8. The molecule has 0 aromatic carbocycles. The molecule has 2 aromatic rings. The lowest BCUT2D eigenvalue weighted by atomic mass is 10.1. The molecule has 1 saturated heterocycles. The predicted molar refractivity (Wildman–Crippen MR) is 90.5 cm³/mol. The van der Waals surface area contributed by atoms with Crippen molar-refractivity contribution in [3.05, 3.63) is 29.9 Å². The van der Waals surface area contributed by atoms with E-state index in [2.05, 4.69) is 19.6 Å². The third kappa shape index (κ3) is 3.66. The Morgan fingerprint density at radius 1 is 1.29 bits per heavy atom. The smallest absolute Gasteiger partial charge is 0.222 e. The third-order valence-electron chi connectivity index (χ3n) is 4.72. The van der Waals surface area contributed by atoms with Gasteiger partial charge < -0.3 is 9.47 Å². The van der Waals surface area contributed by atoms with E-state index in [1.54, 1.807) is 6.20 Å². The minimum Gasteiger partial charge on any atom is -0.341 e. The molecule has 0 N–H and O–H groups in total. The standard InChI is InChI=1S/C17H26N6O/c1-13-19-15(3)23(20-13)16-6-4-10-22(12-16)17(24)7-5-9-21-11-8-18-14(21)2/h8,11,16H,4-7,9-10,12H2,1-3H3. The molecule has 2 aromatic heterocycles. The summed E-state index contributed by atoms with van der Waals surface area (Å²) < 4.78 is 4.08. The molecule has 0 spiro atoms. The van der Waals surface area contributed by atoms with E-state index in [1.807, 2.05) is 36.5 Å². The summed E-state index contributed by atoms with van der Waals surface area (Å²) >= 11 is 0. The highest BCUT2D eigenvalue weighted by Crippen LogP contribution is 2.22. The molecular formula is C17H26N6O. The van der Waals surface area contributed by atoms with Crippen molar-refractivity contribution < 1.29 is 4.79 Å². The van der Waals surface area contributed by atoms with Crippen molar-refractivity contribution in [3.63, 3.8) is 0 Å². The zero-order chi connectivity index (χ0) is 17.1. The second-order valence-corrected chi connectivity index (χ2v) is 6.56. The first-order valence-corrected chi connectivity index (χ1v) is 8.70. The normalized spacial score (nSPS) is 18.1. The van der Waals surface area contributed by atoms with Crippen LogP contribution in [0.15, 0.2) is 12.4 Å². The van der Waals surface area contributed by atoms with Gasteiger partial charge in [-0.25, -0.2) is 14.6 Å². The Labute approximate surface area is 142 Å². The Morgan fingerprint density at radius 3 is 2.79 bits per heavy atom. The fraction of sp³-hybridized carbons (Fsp3) is 0.647. The number of hydrogen-bond acceptors (Lipinski definition) is 4. The number of rotatable bonds is 5. The summed E-state index contributed by atoms with van der Waals surface area (Å²) in [5.41, 5.74) is 0. The highest BCUT2D eigenvalue weighted by atomic mass is 16.2. The molecule has 3 rings (SSSR count). The topological polar surface area (TPSA) is 68.8 Å². The highest BCUT2D eigenvalue weighted by molar-refractivity contribution is 5.76. The van der Waals surface area contributed by atoms with Crippen LogP contribution in [0.25, 0.3) is 0 Å². The molecule has 1 fully saturated rings. The fourth-order valence-electron chi connectivity index (χ4n) is 3.46. The third-order valence-corrected chi connectivity index (χ3v) is 4.72. The monoisotopic (exact) mass is 330 g/mol. The maximum absolute atomic E-state index is 12.5. The van der Waals surface area contributed by atoms with Crippen LogP contribution in [-0.2, 0) is 11.3 Å². The predicted octanol–water partition coefficient (Wildman–Crippen LogP) is 2.04. The lowest BCUT2D eigenvalue weighted by Gasteiger charge is -2.33. The Morgan fingerprint density at radius 2 is 2.12 bits per heavy atom. The van der Waals surface area contributed by atoms with E-state index in [0.29, 0.717) is 6.42 Å². The van der Waals surface area contributed by atoms with Crippen molar-refractivity contribution in [3.8, 4) is 0 Å². The van der Waals surface area contributed by atoms with Crippen LogP contribution in [0.4, 0.5) is 0 Å². The molecule has 0 aliphatic carbocycles. The van der Waals surface area contributed by atoms with Gasteiger partial charge in [0.15, 0.2) is 0 Å². The summed E-state index contributed by atoms with van der Waals surface area (Å²) in [6.07, 6.45) is 7.27. The number of likely N-dealkylation sites (tertiary alicyclic amines) is 1. The van der Waals surface area contributed by atoms with Crippen LogP contribution in [0.2, 0.25) is 0 Å². The van der Waals surface area contributed by atoms with Crippen LogP contribution in [0.3, 0.4) is 0 Å². The number of piperidine rings is 1. The molecule has 1 aliphatic heterocycles. The van der Waals surface area contributed by atoms with Crippen molar-refractivity contribution in [2.75, 3.05) is 13.1 Å². The van der Waals surface area contributed by atoms with Gasteiger partial charge in [-0.15, -0.1) is 0 Å². The summed E-state index contributed by atoms with van der Waals surface area (Å²) in [7, 11) is 0. The van der Waals surface area contributed by atoms with Gasteiger partial charge in [0.25, 0.3) is 0 Å². The van der Waals surface area contributed by atoms with E-state index >= 15 is 0 Å². The summed E-state index contributed by atoms with van der Waals surface area (Å²) in [4.78, 5) is 23.1. The Bertz CT molecular complexity index is 704. The summed E-state index contributed by atoms with van der Waals surface area (Å²) in [6.45, 7) is 8.32. The van der Waals surface area contributed by atoms with Gasteiger partial charge >= 0.3 is 0 Å². The molecule has 1 unspecified atom stereocenters. The number of hydrogen-bond donors (Lipinski definition) is 0. The van der Waals surface area contributed by atoms with E-state index in [0.717, 1.165) is 56.4 Å². The van der Waals surface area contributed by atoms with E-state index in [9.17, 15) is 4.79 Å². The SMILES string of the molecule is Cc1nc(C)n(C2CCCN(C(=O)CCCn3ccnc3C)C2)n1. The average Bonchev–Trinajstić information content (AvgIpc) is 3.12. The largest absolute Gasteiger partial charge is 0.341 e. The van der Waals surface area contributed by atoms with Gasteiger partial charge in [-0.2, -0.15) is 5.10 Å². The van der Waals surface area contributed by atoms with Gasteiger partial charge in [-0.1, -0.05) is 0 Å². The van der Waals surface area contributed by atoms with Crippen LogP contribution >= 0.6 is 0 Å². The molecule has 1 atom stereocenters. The van der Waals surface area contributed by atoms with Crippen LogP contribution in [0.1, 0.15) is 49.2 Å². The summed E-state index contributed by atoms with van der Waals surface area (Å²) in [5.74, 6) is 2.97. The first-order chi connectivity index (χ1) is 11.5. The number of carbonyl (C=O) groups is 1. The minimum atomic E-state index is 0.243. The number of aryl methyl sites for hydroxylation is 4. The fourth-order valence-corrected chi connectivity index (χ4v) is 3.46. The number of imidazole rings is 1. The van der Waals surface area contributed by atoms with Gasteiger partial charge in [-0.05, 0) is 40.0 Å². The molecule has 0 radical (unpaired) electrons. The average molecular weight is 330 g/mol. The van der Waals surface area contributed by atoms with Crippen LogP contribution in [0, 0.1) is 20.8 Å². The van der Waals surface area contributed by atoms with Gasteiger partial charge in [0.05, 0.1) is 6.04 Å². The molecule has 7 heteroatoms. The van der Waals surface area contributed by atoms with E-state index < -0.39 is 0 Å². The Balaban J connectivity index is 1.53. The van der Waals surface area contributed by atoms with Crippen molar-refractivity contribution in [1.82, 2.24) is 29.2 Å². The van der Waals surface area contributed by atoms with E-state index in [4.69, 9.17) is 0 Å². The maximum Gasteiger partial charge on any atom is 0.222 e. The lowest BCUT2D eigenvalue weighted by molar-refractivity contribution is -0.133. The van der Waals surface area contributed by atoms with Crippen LogP contribution in [0.5, 0.6) is 0 Å². The molecule has 0 saturated carbocycles. The number of carbonyl (C=O) groups excluding carboxylic acids is 1. The first kappa shape index (κ1) is 16.7. The molecule has 7 nitrogen and oxygen atoms in total. The molecular weight excluding hydrogens is 304 g/mol. The molecule has 1 amide bonds. The van der Waals surface area contributed by atoms with Gasteiger partial charge in [0, 0.05) is 38.4 Å². The van der Waals surface area contributed by atoms with Crippen LogP contribution in [-0.4, -0.2) is 48.2 Å². The molecule has 3 heterocycles. The molecule has 24 heavy (non-hydrogen) atoms. The Hall–Kier alpha value is -2.18. The van der Waals surface area contributed by atoms with E-state index in [1.165, 1.54) is 0 Å². The van der Waals surface area contributed by atoms with Crippen molar-refractivity contribution in [2.45, 2.75) is 59.0 Å². The number of nitrogens with zero attached hydrogens (tertiary/aromatic N) is 6. The lowest BCUT2D eigenvalue weighted by Crippen LogP contribution is -2.41. The minimum absolute atomic E-state index is 0.243. The molecule has 0 bridgehead atoms. The summed E-state index contributed by atoms with van der Waals surface area (Å²) in [6, 6.07) is 0.250. The highest BCUT2D eigenvalue weighted by Gasteiger charge is 2.26. The van der Waals surface area contributed by atoms with Crippen LogP contribution < -0.4 is 0 Å². The maximum atomic E-state index is 12.5. The van der Waals surface area contributed by atoms with Gasteiger partial charge in [0.1, 0.15) is 17.5 Å². The molecule has 130 valence electrons. The van der Waals surface area contributed by atoms with Crippen molar-refractivity contribution >= 4 is 5.91 Å². The van der Waals surface area contributed by atoms with Crippen molar-refractivity contribution in [1.29, 1.82) is 0 Å². The van der Waals surface area contributed by atoms with Gasteiger partial charge in [0.2, 0.25) is 5.91 Å². The summed E-state index contributed by atoms with van der Waals surface area (Å²) in [5, 5.41) is 4.49. The second kappa shape index (κ2) is 7.15. The first-order valence-electron chi connectivity index (χ1n) is 8.70. The number of aromatic nitrogens is 5. The molecule has 1 aliphatic rings. The zero-order valence-corrected chi connectivity index (χ0v) is 14.8. The van der Waals surface area contributed by atoms with Crippen molar-refractivity contribution in [2.24, 2.45) is 0 Å². The van der Waals surface area contributed by atoms with Gasteiger partial charge in [-0.3, -0.25) is 4.79 Å². The quantitative estimate of drug-likeness (QED) is 0.841. The second-order valence-electron chi connectivity index (χ2n) is 6.56. The van der Waals surface area contributed by atoms with E-state index in [-0.39, 0.29) is 11.9 Å². The Kier molecular flexibility index (Phi) is 4.97. The number of amides is 1.